The fourth-order valence-corrected chi connectivity index (χ4v) is 3.61. The molecule has 0 bridgehead atoms. The lowest BCUT2D eigenvalue weighted by molar-refractivity contribution is 0.170. The summed E-state index contributed by atoms with van der Waals surface area (Å²) in [6.45, 7) is 10.3. The van der Waals surface area contributed by atoms with Crippen LogP contribution in [0.3, 0.4) is 0 Å². The first-order valence-electron chi connectivity index (χ1n) is 8.15. The van der Waals surface area contributed by atoms with E-state index in [0.717, 1.165) is 25.7 Å². The number of hydrogen-bond acceptors (Lipinski definition) is 3. The number of nitrogens with zero attached hydrogens (tertiary/aromatic N) is 2. The second-order valence-corrected chi connectivity index (χ2v) is 6.44. The van der Waals surface area contributed by atoms with Crippen LogP contribution in [0.25, 0.3) is 0 Å². The summed E-state index contributed by atoms with van der Waals surface area (Å²) in [6.07, 6.45) is 1.29. The van der Waals surface area contributed by atoms with Crippen LogP contribution in [0.15, 0.2) is 24.3 Å². The number of rotatable bonds is 4. The van der Waals surface area contributed by atoms with E-state index >= 15 is 0 Å². The molecular formula is C17H26FN3. The molecule has 2 aliphatic heterocycles. The van der Waals surface area contributed by atoms with Crippen LogP contribution in [-0.2, 0) is 0 Å². The summed E-state index contributed by atoms with van der Waals surface area (Å²) in [7, 11) is 0. The summed E-state index contributed by atoms with van der Waals surface area (Å²) in [5.74, 6) is 0.318. The van der Waals surface area contributed by atoms with Gasteiger partial charge in [0.1, 0.15) is 5.82 Å². The van der Waals surface area contributed by atoms with Gasteiger partial charge < -0.3 is 10.2 Å². The molecule has 0 amide bonds. The molecule has 1 aromatic rings. The van der Waals surface area contributed by atoms with Crippen molar-refractivity contribution in [1.82, 2.24) is 15.1 Å². The van der Waals surface area contributed by atoms with E-state index in [2.05, 4.69) is 22.0 Å². The number of benzene rings is 1. The normalized spacial score (nSPS) is 26.1. The minimum atomic E-state index is -0.147. The summed E-state index contributed by atoms with van der Waals surface area (Å²) in [5, 5.41) is 3.42. The van der Waals surface area contributed by atoms with Gasteiger partial charge in [-0.2, -0.15) is 0 Å². The molecule has 2 unspecified atom stereocenters. The number of nitrogens with one attached hydrogen (secondary N) is 1. The van der Waals surface area contributed by atoms with E-state index in [0.29, 0.717) is 5.92 Å². The van der Waals surface area contributed by atoms with Crippen molar-refractivity contribution >= 4 is 0 Å². The highest BCUT2D eigenvalue weighted by Gasteiger charge is 2.28. The maximum atomic E-state index is 13.0. The second kappa shape index (κ2) is 6.86. The molecule has 1 N–H and O–H groups in total. The van der Waals surface area contributed by atoms with E-state index in [-0.39, 0.29) is 5.82 Å². The average molecular weight is 291 g/mol. The van der Waals surface area contributed by atoms with Crippen molar-refractivity contribution in [2.24, 2.45) is 0 Å². The van der Waals surface area contributed by atoms with Crippen LogP contribution in [0.4, 0.5) is 4.39 Å². The molecule has 116 valence electrons. The van der Waals surface area contributed by atoms with Gasteiger partial charge in [-0.15, -0.1) is 0 Å². The highest BCUT2D eigenvalue weighted by Crippen LogP contribution is 2.22. The van der Waals surface area contributed by atoms with Gasteiger partial charge in [0.25, 0.3) is 0 Å². The lowest BCUT2D eigenvalue weighted by atomic mass is 10.0. The van der Waals surface area contributed by atoms with Crippen molar-refractivity contribution in [2.75, 3.05) is 45.8 Å². The minimum Gasteiger partial charge on any atom is -0.314 e. The van der Waals surface area contributed by atoms with Gasteiger partial charge in [0.15, 0.2) is 0 Å². The molecule has 0 saturated carbocycles. The Morgan fingerprint density at radius 1 is 1.19 bits per heavy atom. The Morgan fingerprint density at radius 3 is 2.62 bits per heavy atom. The molecule has 2 saturated heterocycles. The van der Waals surface area contributed by atoms with Crippen molar-refractivity contribution in [3.63, 3.8) is 0 Å². The Balaban J connectivity index is 1.50. The minimum absolute atomic E-state index is 0.147. The number of halogens is 1. The highest BCUT2D eigenvalue weighted by molar-refractivity contribution is 5.20. The molecular weight excluding hydrogens is 265 g/mol. The zero-order valence-electron chi connectivity index (χ0n) is 12.9. The lowest BCUT2D eigenvalue weighted by Gasteiger charge is -2.33. The summed E-state index contributed by atoms with van der Waals surface area (Å²) < 4.78 is 13.0. The fourth-order valence-electron chi connectivity index (χ4n) is 3.61. The number of likely N-dealkylation sites (tertiary alicyclic amines) is 1. The van der Waals surface area contributed by atoms with Crippen molar-refractivity contribution < 1.29 is 4.39 Å². The third kappa shape index (κ3) is 3.82. The Labute approximate surface area is 127 Å². The van der Waals surface area contributed by atoms with Crippen molar-refractivity contribution in [2.45, 2.75) is 25.3 Å². The summed E-state index contributed by atoms with van der Waals surface area (Å²) >= 11 is 0. The first kappa shape index (κ1) is 14.9. The van der Waals surface area contributed by atoms with Crippen LogP contribution in [0.2, 0.25) is 0 Å². The molecule has 0 spiro atoms. The first-order chi connectivity index (χ1) is 10.2. The van der Waals surface area contributed by atoms with Gasteiger partial charge in [-0.1, -0.05) is 19.1 Å². The summed E-state index contributed by atoms with van der Waals surface area (Å²) in [6, 6.07) is 7.71. The van der Waals surface area contributed by atoms with E-state index < -0.39 is 0 Å². The molecule has 2 fully saturated rings. The fraction of sp³-hybridized carbons (Fsp3) is 0.647. The van der Waals surface area contributed by atoms with Crippen molar-refractivity contribution in [1.29, 1.82) is 0 Å². The molecule has 21 heavy (non-hydrogen) atoms. The van der Waals surface area contributed by atoms with Crippen molar-refractivity contribution in [3.05, 3.63) is 35.6 Å². The monoisotopic (exact) mass is 291 g/mol. The van der Waals surface area contributed by atoms with Gasteiger partial charge in [-0.3, -0.25) is 4.90 Å². The van der Waals surface area contributed by atoms with Crippen LogP contribution in [0, 0.1) is 5.82 Å². The standard InChI is InChI=1S/C17H26FN3/c1-14(15-2-4-16(18)5-3-15)12-20-9-6-17(13-20)21-10-7-19-8-11-21/h2-5,14,17,19H,6-13H2,1H3. The summed E-state index contributed by atoms with van der Waals surface area (Å²) in [5.41, 5.74) is 1.24. The van der Waals surface area contributed by atoms with E-state index in [1.54, 1.807) is 12.1 Å². The van der Waals surface area contributed by atoms with Crippen LogP contribution < -0.4 is 5.32 Å². The number of hydrogen-bond donors (Lipinski definition) is 1. The molecule has 4 heteroatoms. The first-order valence-corrected chi connectivity index (χ1v) is 8.15. The van der Waals surface area contributed by atoms with Gasteiger partial charge in [0, 0.05) is 45.3 Å². The predicted octanol–water partition coefficient (Wildman–Crippen LogP) is 1.91. The molecule has 0 aliphatic carbocycles. The second-order valence-electron chi connectivity index (χ2n) is 6.44. The Morgan fingerprint density at radius 2 is 1.90 bits per heavy atom. The smallest absolute Gasteiger partial charge is 0.123 e. The van der Waals surface area contributed by atoms with Gasteiger partial charge in [-0.05, 0) is 36.6 Å². The summed E-state index contributed by atoms with van der Waals surface area (Å²) in [4.78, 5) is 5.21. The Bertz CT molecular complexity index is 442. The van der Waals surface area contributed by atoms with E-state index in [1.807, 2.05) is 12.1 Å². The van der Waals surface area contributed by atoms with E-state index in [9.17, 15) is 4.39 Å². The van der Waals surface area contributed by atoms with Crippen LogP contribution in [-0.4, -0.2) is 61.7 Å². The van der Waals surface area contributed by atoms with Crippen LogP contribution in [0.5, 0.6) is 0 Å². The largest absolute Gasteiger partial charge is 0.314 e. The van der Waals surface area contributed by atoms with Crippen molar-refractivity contribution in [3.8, 4) is 0 Å². The topological polar surface area (TPSA) is 18.5 Å². The van der Waals surface area contributed by atoms with Gasteiger partial charge >= 0.3 is 0 Å². The van der Waals surface area contributed by atoms with Gasteiger partial charge in [-0.25, -0.2) is 4.39 Å². The third-order valence-electron chi connectivity index (χ3n) is 4.89. The average Bonchev–Trinajstić information content (AvgIpc) is 2.97. The predicted molar refractivity (Wildman–Crippen MR) is 84.1 cm³/mol. The number of piperazine rings is 1. The molecule has 2 atom stereocenters. The molecule has 2 heterocycles. The highest BCUT2D eigenvalue weighted by atomic mass is 19.1. The third-order valence-corrected chi connectivity index (χ3v) is 4.89. The SMILES string of the molecule is CC(CN1CCC(N2CCNCC2)C1)c1ccc(F)cc1. The molecule has 3 rings (SSSR count). The molecule has 0 aromatic heterocycles. The van der Waals surface area contributed by atoms with Gasteiger partial charge in [0.2, 0.25) is 0 Å². The zero-order chi connectivity index (χ0) is 14.7. The molecule has 1 aromatic carbocycles. The van der Waals surface area contributed by atoms with Gasteiger partial charge in [0.05, 0.1) is 0 Å². The van der Waals surface area contributed by atoms with E-state index in [1.165, 1.54) is 38.2 Å². The maximum absolute atomic E-state index is 13.0. The maximum Gasteiger partial charge on any atom is 0.123 e. The quantitative estimate of drug-likeness (QED) is 0.914. The zero-order valence-corrected chi connectivity index (χ0v) is 12.9. The Hall–Kier alpha value is -0.970. The lowest BCUT2D eigenvalue weighted by Crippen LogP contribution is -2.49. The van der Waals surface area contributed by atoms with Crippen LogP contribution in [0.1, 0.15) is 24.8 Å². The molecule has 0 radical (unpaired) electrons. The van der Waals surface area contributed by atoms with Crippen LogP contribution >= 0.6 is 0 Å². The molecule has 3 nitrogen and oxygen atoms in total. The molecule has 2 aliphatic rings. The Kier molecular flexibility index (Phi) is 4.88. The van der Waals surface area contributed by atoms with E-state index in [4.69, 9.17) is 0 Å².